The number of pyridine rings is 1. The topological polar surface area (TPSA) is 31.4 Å². The summed E-state index contributed by atoms with van der Waals surface area (Å²) in [6, 6.07) is 9.57. The molecule has 94 valence electrons. The van der Waals surface area contributed by atoms with Gasteiger partial charge in [0.15, 0.2) is 0 Å². The number of hydrogen-bond donors (Lipinski definition) is 0. The molecule has 0 saturated heterocycles. The molecule has 0 unspecified atom stereocenters. The van der Waals surface area contributed by atoms with Gasteiger partial charge in [-0.05, 0) is 61.7 Å². The van der Waals surface area contributed by atoms with Crippen LogP contribution in [0.4, 0.5) is 0 Å². The van der Waals surface area contributed by atoms with Crippen LogP contribution in [0.1, 0.15) is 5.56 Å². The van der Waals surface area contributed by atoms with Gasteiger partial charge in [-0.25, -0.2) is 4.98 Å². The molecule has 0 saturated carbocycles. The van der Waals surface area contributed by atoms with Crippen molar-refractivity contribution in [3.05, 3.63) is 51.2 Å². The van der Waals surface area contributed by atoms with Gasteiger partial charge in [0, 0.05) is 0 Å². The van der Waals surface area contributed by atoms with Crippen molar-refractivity contribution in [3.63, 3.8) is 0 Å². The number of benzene rings is 1. The first kappa shape index (κ1) is 13.4. The average Bonchev–Trinajstić information content (AvgIpc) is 2.38. The highest BCUT2D eigenvalue weighted by molar-refractivity contribution is 9.10. The first-order chi connectivity index (χ1) is 8.69. The lowest BCUT2D eigenvalue weighted by Crippen LogP contribution is -1.96. The van der Waals surface area contributed by atoms with E-state index in [0.717, 1.165) is 26.1 Å². The summed E-state index contributed by atoms with van der Waals surface area (Å²) in [6.07, 6.45) is 1.68. The monoisotopic (exact) mass is 371 g/mol. The molecule has 0 aliphatic carbocycles. The molecular formula is C13H11Br2NO2. The minimum absolute atomic E-state index is 0.492. The summed E-state index contributed by atoms with van der Waals surface area (Å²) < 4.78 is 12.5. The SMILES string of the molecule is COc1ccc(COc2ccc(Br)nc2)cc1Br. The third-order valence-corrected chi connectivity index (χ3v) is 3.41. The van der Waals surface area contributed by atoms with Crippen LogP contribution in [0.15, 0.2) is 45.6 Å². The fourth-order valence-corrected chi connectivity index (χ4v) is 2.24. The maximum atomic E-state index is 5.63. The maximum absolute atomic E-state index is 5.63. The Labute approximate surface area is 122 Å². The van der Waals surface area contributed by atoms with Gasteiger partial charge in [-0.3, -0.25) is 0 Å². The smallest absolute Gasteiger partial charge is 0.138 e. The highest BCUT2D eigenvalue weighted by Crippen LogP contribution is 2.26. The van der Waals surface area contributed by atoms with E-state index in [9.17, 15) is 0 Å². The van der Waals surface area contributed by atoms with Crippen molar-refractivity contribution >= 4 is 31.9 Å². The molecule has 0 fully saturated rings. The van der Waals surface area contributed by atoms with Gasteiger partial charge in [0.05, 0.1) is 17.8 Å². The molecule has 0 aliphatic heterocycles. The molecule has 1 aromatic carbocycles. The van der Waals surface area contributed by atoms with E-state index in [1.165, 1.54) is 0 Å². The van der Waals surface area contributed by atoms with Crippen LogP contribution in [-0.4, -0.2) is 12.1 Å². The molecular weight excluding hydrogens is 362 g/mol. The first-order valence-electron chi connectivity index (χ1n) is 5.26. The third-order valence-electron chi connectivity index (χ3n) is 2.32. The minimum Gasteiger partial charge on any atom is -0.496 e. The molecule has 0 bridgehead atoms. The zero-order valence-corrected chi connectivity index (χ0v) is 12.9. The van der Waals surface area contributed by atoms with Crippen LogP contribution in [0.5, 0.6) is 11.5 Å². The Bertz CT molecular complexity index is 529. The van der Waals surface area contributed by atoms with Crippen LogP contribution in [0.3, 0.4) is 0 Å². The highest BCUT2D eigenvalue weighted by atomic mass is 79.9. The maximum Gasteiger partial charge on any atom is 0.138 e. The molecule has 0 spiro atoms. The van der Waals surface area contributed by atoms with Crippen molar-refractivity contribution in [2.24, 2.45) is 0 Å². The van der Waals surface area contributed by atoms with Gasteiger partial charge in [0.25, 0.3) is 0 Å². The Morgan fingerprint density at radius 3 is 2.61 bits per heavy atom. The summed E-state index contributed by atoms with van der Waals surface area (Å²) in [5.74, 6) is 1.55. The Morgan fingerprint density at radius 1 is 1.17 bits per heavy atom. The molecule has 0 amide bonds. The van der Waals surface area contributed by atoms with E-state index >= 15 is 0 Å². The normalized spacial score (nSPS) is 10.2. The molecule has 0 N–H and O–H groups in total. The van der Waals surface area contributed by atoms with Gasteiger partial charge in [-0.15, -0.1) is 0 Å². The van der Waals surface area contributed by atoms with E-state index in [1.54, 1.807) is 13.3 Å². The Kier molecular flexibility index (Phi) is 4.60. The second-order valence-electron chi connectivity index (χ2n) is 3.57. The molecule has 3 nitrogen and oxygen atoms in total. The van der Waals surface area contributed by atoms with Gasteiger partial charge in [-0.1, -0.05) is 6.07 Å². The van der Waals surface area contributed by atoms with Gasteiger partial charge >= 0.3 is 0 Å². The second-order valence-corrected chi connectivity index (χ2v) is 5.24. The molecule has 0 radical (unpaired) electrons. The van der Waals surface area contributed by atoms with Crippen molar-refractivity contribution < 1.29 is 9.47 Å². The third kappa shape index (κ3) is 3.46. The van der Waals surface area contributed by atoms with Gasteiger partial charge < -0.3 is 9.47 Å². The van der Waals surface area contributed by atoms with Crippen LogP contribution in [-0.2, 0) is 6.61 Å². The number of methoxy groups -OCH3 is 1. The van der Waals surface area contributed by atoms with E-state index in [1.807, 2.05) is 30.3 Å². The van der Waals surface area contributed by atoms with E-state index in [2.05, 4.69) is 36.8 Å². The van der Waals surface area contributed by atoms with Crippen LogP contribution in [0.25, 0.3) is 0 Å². The quantitative estimate of drug-likeness (QED) is 0.754. The van der Waals surface area contributed by atoms with Gasteiger partial charge in [-0.2, -0.15) is 0 Å². The van der Waals surface area contributed by atoms with Gasteiger partial charge in [0.2, 0.25) is 0 Å². The van der Waals surface area contributed by atoms with Crippen LogP contribution < -0.4 is 9.47 Å². The van der Waals surface area contributed by atoms with E-state index < -0.39 is 0 Å². The lowest BCUT2D eigenvalue weighted by atomic mass is 10.2. The van der Waals surface area contributed by atoms with Crippen molar-refractivity contribution in [1.82, 2.24) is 4.98 Å². The Hall–Kier alpha value is -1.07. The zero-order chi connectivity index (χ0) is 13.0. The summed E-state index contributed by atoms with van der Waals surface area (Å²) in [5, 5.41) is 0. The second kappa shape index (κ2) is 6.20. The molecule has 1 aromatic heterocycles. The first-order valence-corrected chi connectivity index (χ1v) is 6.84. The number of rotatable bonds is 4. The number of ether oxygens (including phenoxy) is 2. The van der Waals surface area contributed by atoms with E-state index in [4.69, 9.17) is 9.47 Å². The molecule has 18 heavy (non-hydrogen) atoms. The Morgan fingerprint density at radius 2 is 2.00 bits per heavy atom. The minimum atomic E-state index is 0.492. The zero-order valence-electron chi connectivity index (χ0n) is 9.69. The molecule has 2 aromatic rings. The summed E-state index contributed by atoms with van der Waals surface area (Å²) in [6.45, 7) is 0.492. The Balaban J connectivity index is 2.02. The summed E-state index contributed by atoms with van der Waals surface area (Å²) in [5.41, 5.74) is 1.06. The number of nitrogens with zero attached hydrogens (tertiary/aromatic N) is 1. The van der Waals surface area contributed by atoms with Crippen LogP contribution >= 0.6 is 31.9 Å². The standard InChI is InChI=1S/C13H11Br2NO2/c1-17-12-4-2-9(6-11(12)14)8-18-10-3-5-13(15)16-7-10/h2-7H,8H2,1H3. The predicted octanol–water partition coefficient (Wildman–Crippen LogP) is 4.19. The predicted molar refractivity (Wildman–Crippen MR) is 77.0 cm³/mol. The lowest BCUT2D eigenvalue weighted by molar-refractivity contribution is 0.304. The highest BCUT2D eigenvalue weighted by Gasteiger charge is 2.02. The average molecular weight is 373 g/mol. The largest absolute Gasteiger partial charge is 0.496 e. The van der Waals surface area contributed by atoms with Gasteiger partial charge in [0.1, 0.15) is 22.7 Å². The van der Waals surface area contributed by atoms with E-state index in [0.29, 0.717) is 6.61 Å². The fourth-order valence-electron chi connectivity index (χ4n) is 1.41. The van der Waals surface area contributed by atoms with Crippen LogP contribution in [0.2, 0.25) is 0 Å². The van der Waals surface area contributed by atoms with Crippen LogP contribution in [0, 0.1) is 0 Å². The molecule has 0 atom stereocenters. The molecule has 2 rings (SSSR count). The fraction of sp³-hybridized carbons (Fsp3) is 0.154. The summed E-state index contributed by atoms with van der Waals surface area (Å²) in [4.78, 5) is 4.10. The van der Waals surface area contributed by atoms with Crippen molar-refractivity contribution in [2.45, 2.75) is 6.61 Å². The summed E-state index contributed by atoms with van der Waals surface area (Å²) >= 11 is 6.72. The number of aromatic nitrogens is 1. The molecule has 1 heterocycles. The van der Waals surface area contributed by atoms with Crippen molar-refractivity contribution in [3.8, 4) is 11.5 Å². The molecule has 5 heteroatoms. The lowest BCUT2D eigenvalue weighted by Gasteiger charge is -2.08. The number of hydrogen-bond acceptors (Lipinski definition) is 3. The summed E-state index contributed by atoms with van der Waals surface area (Å²) in [7, 11) is 1.64. The van der Waals surface area contributed by atoms with Crippen molar-refractivity contribution in [2.75, 3.05) is 7.11 Å². The van der Waals surface area contributed by atoms with E-state index in [-0.39, 0.29) is 0 Å². The molecule has 0 aliphatic rings. The van der Waals surface area contributed by atoms with Crippen molar-refractivity contribution in [1.29, 1.82) is 0 Å². The number of halogens is 2.